The summed E-state index contributed by atoms with van der Waals surface area (Å²) < 4.78 is 12.9. The van der Waals surface area contributed by atoms with E-state index in [0.717, 1.165) is 11.3 Å². The Kier molecular flexibility index (Phi) is 5.69. The van der Waals surface area contributed by atoms with E-state index in [1.54, 1.807) is 18.2 Å². The highest BCUT2D eigenvalue weighted by Crippen LogP contribution is 2.14. The van der Waals surface area contributed by atoms with Gasteiger partial charge in [-0.25, -0.2) is 4.39 Å². The van der Waals surface area contributed by atoms with E-state index in [4.69, 9.17) is 4.84 Å². The van der Waals surface area contributed by atoms with Gasteiger partial charge >= 0.3 is 0 Å². The number of oxime groups is 1. The second-order valence-electron chi connectivity index (χ2n) is 5.74. The highest BCUT2D eigenvalue weighted by Gasteiger charge is 2.21. The number of rotatable bonds is 6. The van der Waals surface area contributed by atoms with E-state index in [2.05, 4.69) is 10.5 Å². The smallest absolute Gasteiger partial charge is 0.243 e. The Morgan fingerprint density at radius 3 is 2.86 bits per heavy atom. The molecule has 0 radical (unpaired) electrons. The molecule has 1 atom stereocenters. The van der Waals surface area contributed by atoms with Crippen LogP contribution in [0.5, 0.6) is 0 Å². The first-order valence-electron chi connectivity index (χ1n) is 7.45. The predicted octanol–water partition coefficient (Wildman–Crippen LogP) is 2.84. The van der Waals surface area contributed by atoms with Crippen molar-refractivity contribution < 1.29 is 14.0 Å². The molecule has 1 aromatic rings. The number of nitrogens with one attached hydrogen (secondary N) is 1. The van der Waals surface area contributed by atoms with Crippen molar-refractivity contribution in [3.8, 4) is 0 Å². The third-order valence-electron chi connectivity index (χ3n) is 3.25. The molecule has 5 heteroatoms. The van der Waals surface area contributed by atoms with Gasteiger partial charge in [-0.05, 0) is 29.7 Å². The van der Waals surface area contributed by atoms with E-state index >= 15 is 0 Å². The Morgan fingerprint density at radius 2 is 2.18 bits per heavy atom. The van der Waals surface area contributed by atoms with Gasteiger partial charge in [0.1, 0.15) is 11.9 Å². The summed E-state index contributed by atoms with van der Waals surface area (Å²) in [6.45, 7) is 4.45. The normalized spacial score (nSPS) is 17.6. The van der Waals surface area contributed by atoms with Crippen LogP contribution in [0.25, 0.3) is 0 Å². The van der Waals surface area contributed by atoms with Crippen LogP contribution in [0.1, 0.15) is 25.8 Å². The van der Waals surface area contributed by atoms with Crippen molar-refractivity contribution in [2.75, 3.05) is 6.54 Å². The van der Waals surface area contributed by atoms with Crippen molar-refractivity contribution in [2.45, 2.75) is 32.8 Å². The summed E-state index contributed by atoms with van der Waals surface area (Å²) in [6.07, 6.45) is 4.57. The Bertz CT molecular complexity index is 565. The highest BCUT2D eigenvalue weighted by molar-refractivity contribution is 5.88. The third kappa shape index (κ3) is 5.31. The molecule has 0 fully saturated rings. The number of halogens is 1. The van der Waals surface area contributed by atoms with E-state index in [-0.39, 0.29) is 17.8 Å². The van der Waals surface area contributed by atoms with Gasteiger partial charge in [-0.3, -0.25) is 4.79 Å². The van der Waals surface area contributed by atoms with Gasteiger partial charge in [-0.15, -0.1) is 0 Å². The van der Waals surface area contributed by atoms with E-state index in [1.165, 1.54) is 12.1 Å². The lowest BCUT2D eigenvalue weighted by Crippen LogP contribution is -2.31. The fourth-order valence-corrected chi connectivity index (χ4v) is 2.09. The zero-order valence-corrected chi connectivity index (χ0v) is 12.9. The molecule has 1 aliphatic heterocycles. The fraction of sp³-hybridized carbons (Fsp3) is 0.412. The van der Waals surface area contributed by atoms with Crippen LogP contribution >= 0.6 is 0 Å². The van der Waals surface area contributed by atoms with Crippen LogP contribution in [0.3, 0.4) is 0 Å². The summed E-state index contributed by atoms with van der Waals surface area (Å²) in [7, 11) is 0. The number of nitrogens with zero attached hydrogens (tertiary/aromatic N) is 1. The fourth-order valence-electron chi connectivity index (χ4n) is 2.09. The summed E-state index contributed by atoms with van der Waals surface area (Å²) in [5, 5.41) is 6.84. The molecule has 2 rings (SSSR count). The molecule has 1 aliphatic rings. The number of benzene rings is 1. The minimum Gasteiger partial charge on any atom is -0.390 e. The van der Waals surface area contributed by atoms with Gasteiger partial charge in [0.2, 0.25) is 5.91 Å². The largest absolute Gasteiger partial charge is 0.390 e. The molecule has 1 heterocycles. The second-order valence-corrected chi connectivity index (χ2v) is 5.74. The first-order valence-corrected chi connectivity index (χ1v) is 7.45. The van der Waals surface area contributed by atoms with Crippen LogP contribution in [0.2, 0.25) is 0 Å². The van der Waals surface area contributed by atoms with Crippen molar-refractivity contribution >= 4 is 11.6 Å². The number of allylic oxidation sites excluding steroid dienone is 1. The van der Waals surface area contributed by atoms with Crippen LogP contribution < -0.4 is 5.32 Å². The topological polar surface area (TPSA) is 50.7 Å². The zero-order chi connectivity index (χ0) is 15.9. The van der Waals surface area contributed by atoms with E-state index < -0.39 is 0 Å². The van der Waals surface area contributed by atoms with E-state index in [1.807, 2.05) is 19.9 Å². The SMILES string of the molecule is CC(C)/C=C/C(=O)NCC1CC(Cc2ccc(F)cc2)=NO1. The number of hydrogen-bond acceptors (Lipinski definition) is 3. The van der Waals surface area contributed by atoms with E-state index in [9.17, 15) is 9.18 Å². The summed E-state index contributed by atoms with van der Waals surface area (Å²) in [6, 6.07) is 6.35. The average molecular weight is 304 g/mol. The highest BCUT2D eigenvalue weighted by atomic mass is 19.1. The van der Waals surface area contributed by atoms with Crippen LogP contribution in [0.15, 0.2) is 41.6 Å². The summed E-state index contributed by atoms with van der Waals surface area (Å²) >= 11 is 0. The van der Waals surface area contributed by atoms with Crippen molar-refractivity contribution in [2.24, 2.45) is 11.1 Å². The lowest BCUT2D eigenvalue weighted by molar-refractivity contribution is -0.117. The van der Waals surface area contributed by atoms with Gasteiger partial charge < -0.3 is 10.2 Å². The van der Waals surface area contributed by atoms with Crippen molar-refractivity contribution in [1.82, 2.24) is 5.32 Å². The van der Waals surface area contributed by atoms with Crippen LogP contribution in [-0.4, -0.2) is 24.3 Å². The molecule has 22 heavy (non-hydrogen) atoms. The number of carbonyl (C=O) groups excluding carboxylic acids is 1. The number of amides is 1. The molecule has 4 nitrogen and oxygen atoms in total. The standard InChI is InChI=1S/C17H21FN2O2/c1-12(2)3-8-17(21)19-11-16-10-15(20-22-16)9-13-4-6-14(18)7-5-13/h3-8,12,16H,9-11H2,1-2H3,(H,19,21)/b8-3+. The number of carbonyl (C=O) groups is 1. The molecule has 0 aliphatic carbocycles. The van der Waals surface area contributed by atoms with Gasteiger partial charge in [-0.2, -0.15) is 0 Å². The first-order chi connectivity index (χ1) is 10.5. The lowest BCUT2D eigenvalue weighted by atomic mass is 10.0. The van der Waals surface area contributed by atoms with Gasteiger partial charge in [0.05, 0.1) is 12.3 Å². The minimum atomic E-state index is -0.247. The summed E-state index contributed by atoms with van der Waals surface area (Å²) in [5.41, 5.74) is 1.90. The molecule has 0 saturated heterocycles. The Balaban J connectivity index is 1.73. The van der Waals surface area contributed by atoms with Crippen molar-refractivity contribution in [3.63, 3.8) is 0 Å². The molecule has 1 N–H and O–H groups in total. The summed E-state index contributed by atoms with van der Waals surface area (Å²) in [5.74, 6) is -0.0215. The van der Waals surface area contributed by atoms with E-state index in [0.29, 0.717) is 25.3 Å². The molecule has 0 bridgehead atoms. The maximum Gasteiger partial charge on any atom is 0.243 e. The molecule has 0 saturated carbocycles. The quantitative estimate of drug-likeness (QED) is 0.822. The minimum absolute atomic E-state index is 0.121. The molecule has 1 amide bonds. The molecule has 1 unspecified atom stereocenters. The van der Waals surface area contributed by atoms with Crippen LogP contribution in [0, 0.1) is 11.7 Å². The van der Waals surface area contributed by atoms with Crippen LogP contribution in [-0.2, 0) is 16.1 Å². The van der Waals surface area contributed by atoms with Crippen molar-refractivity contribution in [3.05, 3.63) is 47.8 Å². The maximum atomic E-state index is 12.9. The molecule has 0 spiro atoms. The number of hydrogen-bond donors (Lipinski definition) is 1. The molecule has 118 valence electrons. The Morgan fingerprint density at radius 1 is 1.45 bits per heavy atom. The van der Waals surface area contributed by atoms with Gasteiger partial charge in [0.25, 0.3) is 0 Å². The van der Waals surface area contributed by atoms with Gasteiger partial charge in [0.15, 0.2) is 0 Å². The molecule has 0 aromatic heterocycles. The zero-order valence-electron chi connectivity index (χ0n) is 12.9. The Hall–Kier alpha value is -2.17. The molecule has 1 aromatic carbocycles. The predicted molar refractivity (Wildman–Crippen MR) is 84.0 cm³/mol. The summed E-state index contributed by atoms with van der Waals surface area (Å²) in [4.78, 5) is 16.9. The van der Waals surface area contributed by atoms with Crippen molar-refractivity contribution in [1.29, 1.82) is 0 Å². The lowest BCUT2D eigenvalue weighted by Gasteiger charge is -2.08. The third-order valence-corrected chi connectivity index (χ3v) is 3.25. The first kappa shape index (κ1) is 16.2. The van der Waals surface area contributed by atoms with Crippen LogP contribution in [0.4, 0.5) is 4.39 Å². The maximum absolute atomic E-state index is 12.9. The van der Waals surface area contributed by atoms with Gasteiger partial charge in [-0.1, -0.05) is 37.2 Å². The molecular weight excluding hydrogens is 283 g/mol. The average Bonchev–Trinajstić information content (AvgIpc) is 2.93. The molecular formula is C17H21FN2O2. The van der Waals surface area contributed by atoms with Gasteiger partial charge in [0, 0.05) is 12.8 Å². The second kappa shape index (κ2) is 7.73. The Labute approximate surface area is 130 Å². The monoisotopic (exact) mass is 304 g/mol.